The quantitative estimate of drug-likeness (QED) is 0.351. The number of nitrogens with zero attached hydrogens (tertiary/aromatic N) is 6. The third kappa shape index (κ3) is 5.34. The van der Waals surface area contributed by atoms with Gasteiger partial charge in [-0.15, -0.1) is 11.7 Å². The zero-order chi connectivity index (χ0) is 23.0. The van der Waals surface area contributed by atoms with Crippen molar-refractivity contribution in [1.29, 1.82) is 0 Å². The standard InChI is InChI=1S/C25H32N6O2/c1-3-13-30-24(21-9-8-12-26-20-21)27-31(25(30)32)15-7-6-14-28-16-18-29(19-17-28)22-10-4-5-11-23(22)33-2/h3-5,8-12,20H,1,6-7,13-19H2,2H3. The van der Waals surface area contributed by atoms with Crippen LogP contribution in [-0.4, -0.2) is 64.1 Å². The Bertz CT molecular complexity index is 1100. The molecule has 0 amide bonds. The van der Waals surface area contributed by atoms with Gasteiger partial charge in [0.15, 0.2) is 5.82 Å². The van der Waals surface area contributed by atoms with Crippen LogP contribution in [0.15, 0.2) is 66.2 Å². The first-order chi connectivity index (χ1) is 16.2. The van der Waals surface area contributed by atoms with Gasteiger partial charge in [-0.2, -0.15) is 0 Å². The van der Waals surface area contributed by atoms with E-state index in [2.05, 4.69) is 38.6 Å². The van der Waals surface area contributed by atoms with Gasteiger partial charge in [0.25, 0.3) is 0 Å². The molecule has 0 radical (unpaired) electrons. The van der Waals surface area contributed by atoms with E-state index in [4.69, 9.17) is 4.74 Å². The second-order valence-corrected chi connectivity index (χ2v) is 8.18. The molecule has 0 bridgehead atoms. The van der Waals surface area contributed by atoms with E-state index in [9.17, 15) is 4.79 Å². The molecule has 0 N–H and O–H groups in total. The Morgan fingerprint density at radius 1 is 1.06 bits per heavy atom. The van der Waals surface area contributed by atoms with Crippen molar-refractivity contribution in [2.75, 3.05) is 44.7 Å². The molecule has 33 heavy (non-hydrogen) atoms. The number of anilines is 1. The molecule has 1 aromatic carbocycles. The first kappa shape index (κ1) is 22.8. The Morgan fingerprint density at radius 2 is 1.85 bits per heavy atom. The lowest BCUT2D eigenvalue weighted by Gasteiger charge is -2.36. The number of hydrogen-bond acceptors (Lipinski definition) is 6. The maximum atomic E-state index is 12.8. The van der Waals surface area contributed by atoms with Crippen LogP contribution in [0.2, 0.25) is 0 Å². The first-order valence-corrected chi connectivity index (χ1v) is 11.5. The van der Waals surface area contributed by atoms with Gasteiger partial charge in [0.2, 0.25) is 0 Å². The van der Waals surface area contributed by atoms with Crippen LogP contribution >= 0.6 is 0 Å². The van der Waals surface area contributed by atoms with E-state index in [1.165, 1.54) is 5.69 Å². The summed E-state index contributed by atoms with van der Waals surface area (Å²) in [5.74, 6) is 1.57. The second-order valence-electron chi connectivity index (χ2n) is 8.18. The Labute approximate surface area is 194 Å². The normalized spacial score (nSPS) is 14.4. The summed E-state index contributed by atoms with van der Waals surface area (Å²) < 4.78 is 8.74. The van der Waals surface area contributed by atoms with Gasteiger partial charge in [0.1, 0.15) is 5.75 Å². The number of allylic oxidation sites excluding steroid dienone is 1. The molecule has 0 saturated carbocycles. The topological polar surface area (TPSA) is 68.4 Å². The minimum absolute atomic E-state index is 0.0980. The number of para-hydroxylation sites is 2. The molecular formula is C25H32N6O2. The molecule has 8 nitrogen and oxygen atoms in total. The summed E-state index contributed by atoms with van der Waals surface area (Å²) in [6.45, 7) is 9.86. The minimum atomic E-state index is -0.0980. The summed E-state index contributed by atoms with van der Waals surface area (Å²) in [5.41, 5.74) is 1.90. The van der Waals surface area contributed by atoms with E-state index in [1.807, 2.05) is 24.3 Å². The Kier molecular flexibility index (Phi) is 7.57. The van der Waals surface area contributed by atoms with Gasteiger partial charge in [0, 0.05) is 57.2 Å². The van der Waals surface area contributed by atoms with Crippen molar-refractivity contribution in [2.24, 2.45) is 0 Å². The summed E-state index contributed by atoms with van der Waals surface area (Å²) >= 11 is 0. The lowest BCUT2D eigenvalue weighted by molar-refractivity contribution is 0.250. The monoisotopic (exact) mass is 448 g/mol. The van der Waals surface area contributed by atoms with E-state index < -0.39 is 0 Å². The van der Waals surface area contributed by atoms with Gasteiger partial charge in [-0.3, -0.25) is 14.5 Å². The third-order valence-electron chi connectivity index (χ3n) is 6.05. The van der Waals surface area contributed by atoms with E-state index in [-0.39, 0.29) is 5.69 Å². The fraction of sp³-hybridized carbons (Fsp3) is 0.400. The molecule has 2 aromatic heterocycles. The average Bonchev–Trinajstić information content (AvgIpc) is 3.18. The Hall–Kier alpha value is -3.39. The van der Waals surface area contributed by atoms with E-state index in [1.54, 1.807) is 34.8 Å². The molecular weight excluding hydrogens is 416 g/mol. The molecule has 4 rings (SSSR count). The molecule has 0 aliphatic carbocycles. The molecule has 0 spiro atoms. The van der Waals surface area contributed by atoms with Crippen LogP contribution in [0, 0.1) is 0 Å². The zero-order valence-corrected chi connectivity index (χ0v) is 19.3. The summed E-state index contributed by atoms with van der Waals surface area (Å²) in [4.78, 5) is 21.9. The van der Waals surface area contributed by atoms with Gasteiger partial charge in [-0.1, -0.05) is 18.2 Å². The molecule has 174 valence electrons. The number of aromatic nitrogens is 4. The van der Waals surface area contributed by atoms with E-state index in [0.717, 1.165) is 56.9 Å². The van der Waals surface area contributed by atoms with Crippen molar-refractivity contribution in [3.05, 3.63) is 71.9 Å². The number of pyridine rings is 1. The highest BCUT2D eigenvalue weighted by Gasteiger charge is 2.19. The number of ether oxygens (including phenoxy) is 1. The molecule has 1 saturated heterocycles. The zero-order valence-electron chi connectivity index (χ0n) is 19.3. The second kappa shape index (κ2) is 11.0. The number of unbranched alkanes of at least 4 members (excludes halogenated alkanes) is 1. The van der Waals surface area contributed by atoms with Gasteiger partial charge in [-0.25, -0.2) is 9.48 Å². The van der Waals surface area contributed by atoms with Crippen LogP contribution in [0.3, 0.4) is 0 Å². The Morgan fingerprint density at radius 3 is 2.58 bits per heavy atom. The summed E-state index contributed by atoms with van der Waals surface area (Å²) in [5, 5.41) is 4.59. The molecule has 3 heterocycles. The third-order valence-corrected chi connectivity index (χ3v) is 6.05. The van der Waals surface area contributed by atoms with Gasteiger partial charge >= 0.3 is 5.69 Å². The van der Waals surface area contributed by atoms with Crippen LogP contribution in [0.1, 0.15) is 12.8 Å². The van der Waals surface area contributed by atoms with Crippen molar-refractivity contribution in [2.45, 2.75) is 25.9 Å². The van der Waals surface area contributed by atoms with Crippen molar-refractivity contribution < 1.29 is 4.74 Å². The first-order valence-electron chi connectivity index (χ1n) is 11.5. The SMILES string of the molecule is C=CCn1c(-c2cccnc2)nn(CCCCN2CCN(c3ccccc3OC)CC2)c1=O. The maximum absolute atomic E-state index is 12.8. The molecule has 1 aliphatic rings. The highest BCUT2D eigenvalue weighted by molar-refractivity contribution is 5.58. The predicted octanol–water partition coefficient (Wildman–Crippen LogP) is 2.90. The highest BCUT2D eigenvalue weighted by atomic mass is 16.5. The van der Waals surface area contributed by atoms with Crippen LogP contribution in [0.4, 0.5) is 5.69 Å². The van der Waals surface area contributed by atoms with E-state index >= 15 is 0 Å². The van der Waals surface area contributed by atoms with E-state index in [0.29, 0.717) is 18.9 Å². The number of aryl methyl sites for hydroxylation is 1. The van der Waals surface area contributed by atoms with Gasteiger partial charge < -0.3 is 9.64 Å². The van der Waals surface area contributed by atoms with Crippen LogP contribution in [0.5, 0.6) is 5.75 Å². The van der Waals surface area contributed by atoms with Gasteiger partial charge in [0.05, 0.1) is 12.8 Å². The number of hydrogen-bond donors (Lipinski definition) is 0. The fourth-order valence-corrected chi connectivity index (χ4v) is 4.29. The molecule has 0 unspecified atom stereocenters. The molecule has 3 aromatic rings. The molecule has 0 atom stereocenters. The van der Waals surface area contributed by atoms with Gasteiger partial charge in [-0.05, 0) is 43.7 Å². The summed E-state index contributed by atoms with van der Waals surface area (Å²) in [6.07, 6.45) is 7.10. The fourth-order valence-electron chi connectivity index (χ4n) is 4.29. The lowest BCUT2D eigenvalue weighted by Crippen LogP contribution is -2.46. The molecule has 1 fully saturated rings. The van der Waals surface area contributed by atoms with Crippen LogP contribution in [-0.2, 0) is 13.1 Å². The minimum Gasteiger partial charge on any atom is -0.495 e. The summed E-state index contributed by atoms with van der Waals surface area (Å²) in [6, 6.07) is 12.0. The Balaban J connectivity index is 1.28. The lowest BCUT2D eigenvalue weighted by atomic mass is 10.2. The van der Waals surface area contributed by atoms with Crippen molar-refractivity contribution in [1.82, 2.24) is 24.2 Å². The average molecular weight is 449 g/mol. The number of rotatable bonds is 10. The van der Waals surface area contributed by atoms with Crippen molar-refractivity contribution >= 4 is 5.69 Å². The highest BCUT2D eigenvalue weighted by Crippen LogP contribution is 2.28. The molecule has 1 aliphatic heterocycles. The van der Waals surface area contributed by atoms with Crippen molar-refractivity contribution in [3.63, 3.8) is 0 Å². The maximum Gasteiger partial charge on any atom is 0.346 e. The van der Waals surface area contributed by atoms with Crippen LogP contribution in [0.25, 0.3) is 11.4 Å². The number of benzene rings is 1. The number of piperazine rings is 1. The molecule has 8 heteroatoms. The summed E-state index contributed by atoms with van der Waals surface area (Å²) in [7, 11) is 1.72. The largest absolute Gasteiger partial charge is 0.495 e. The van der Waals surface area contributed by atoms with Crippen molar-refractivity contribution in [3.8, 4) is 17.1 Å². The number of methoxy groups -OCH3 is 1. The smallest absolute Gasteiger partial charge is 0.346 e. The predicted molar refractivity (Wildman–Crippen MR) is 131 cm³/mol. The van der Waals surface area contributed by atoms with Crippen LogP contribution < -0.4 is 15.3 Å².